The standard InChI is InChI=1S/C12H16BrNO/c1-8(2)14(4)12-6-5-10(13)7-11(12)9(3)15/h5-8H,1-4H3. The Hall–Kier alpha value is -0.830. The molecule has 1 rings (SSSR count). The molecule has 15 heavy (non-hydrogen) atoms. The van der Waals surface area contributed by atoms with E-state index in [1.807, 2.05) is 25.2 Å². The highest BCUT2D eigenvalue weighted by Crippen LogP contribution is 2.25. The highest BCUT2D eigenvalue weighted by molar-refractivity contribution is 9.10. The molecule has 0 fully saturated rings. The maximum absolute atomic E-state index is 11.5. The van der Waals surface area contributed by atoms with Crippen molar-refractivity contribution in [3.05, 3.63) is 28.2 Å². The van der Waals surface area contributed by atoms with Crippen LogP contribution in [-0.2, 0) is 0 Å². The summed E-state index contributed by atoms with van der Waals surface area (Å²) in [7, 11) is 2.00. The lowest BCUT2D eigenvalue weighted by molar-refractivity contribution is 0.101. The number of ketones is 1. The Morgan fingerprint density at radius 2 is 2.00 bits per heavy atom. The molecule has 0 N–H and O–H groups in total. The summed E-state index contributed by atoms with van der Waals surface area (Å²) in [5, 5.41) is 0. The number of benzene rings is 1. The summed E-state index contributed by atoms with van der Waals surface area (Å²) in [4.78, 5) is 13.6. The Morgan fingerprint density at radius 3 is 2.47 bits per heavy atom. The smallest absolute Gasteiger partial charge is 0.161 e. The van der Waals surface area contributed by atoms with E-state index in [0.29, 0.717) is 6.04 Å². The first kappa shape index (κ1) is 12.2. The number of carbonyl (C=O) groups excluding carboxylic acids is 1. The average Bonchev–Trinajstić information content (AvgIpc) is 2.16. The second-order valence-electron chi connectivity index (χ2n) is 3.92. The van der Waals surface area contributed by atoms with Crippen LogP contribution in [0.1, 0.15) is 31.1 Å². The maximum Gasteiger partial charge on any atom is 0.161 e. The van der Waals surface area contributed by atoms with E-state index >= 15 is 0 Å². The second kappa shape index (κ2) is 4.79. The lowest BCUT2D eigenvalue weighted by atomic mass is 10.1. The van der Waals surface area contributed by atoms with E-state index in [4.69, 9.17) is 0 Å². The van der Waals surface area contributed by atoms with Crippen molar-refractivity contribution in [1.29, 1.82) is 0 Å². The molecule has 0 heterocycles. The van der Waals surface area contributed by atoms with Crippen molar-refractivity contribution in [2.75, 3.05) is 11.9 Å². The summed E-state index contributed by atoms with van der Waals surface area (Å²) < 4.78 is 0.939. The van der Waals surface area contributed by atoms with Gasteiger partial charge in [0.1, 0.15) is 0 Å². The number of nitrogens with zero attached hydrogens (tertiary/aromatic N) is 1. The fraction of sp³-hybridized carbons (Fsp3) is 0.417. The van der Waals surface area contributed by atoms with Crippen molar-refractivity contribution < 1.29 is 4.79 Å². The molecule has 0 aromatic heterocycles. The first-order valence-corrected chi connectivity index (χ1v) is 5.76. The van der Waals surface area contributed by atoms with Gasteiger partial charge in [0.15, 0.2) is 5.78 Å². The van der Waals surface area contributed by atoms with Gasteiger partial charge in [0.25, 0.3) is 0 Å². The third-order valence-corrected chi connectivity index (χ3v) is 2.99. The molecule has 3 heteroatoms. The topological polar surface area (TPSA) is 20.3 Å². The lowest BCUT2D eigenvalue weighted by Crippen LogP contribution is -2.27. The fourth-order valence-electron chi connectivity index (χ4n) is 1.38. The van der Waals surface area contributed by atoms with Gasteiger partial charge in [-0.25, -0.2) is 0 Å². The Morgan fingerprint density at radius 1 is 1.40 bits per heavy atom. The minimum Gasteiger partial charge on any atom is -0.372 e. The van der Waals surface area contributed by atoms with Gasteiger partial charge in [0.05, 0.1) is 0 Å². The SMILES string of the molecule is CC(=O)c1cc(Br)ccc1N(C)C(C)C. The van der Waals surface area contributed by atoms with Crippen LogP contribution in [-0.4, -0.2) is 18.9 Å². The third-order valence-electron chi connectivity index (χ3n) is 2.49. The van der Waals surface area contributed by atoms with Crippen LogP contribution in [0.5, 0.6) is 0 Å². The van der Waals surface area contributed by atoms with Crippen LogP contribution in [0.15, 0.2) is 22.7 Å². The van der Waals surface area contributed by atoms with Crippen molar-refractivity contribution in [1.82, 2.24) is 0 Å². The van der Waals surface area contributed by atoms with E-state index in [9.17, 15) is 4.79 Å². The predicted molar refractivity (Wildman–Crippen MR) is 67.7 cm³/mol. The predicted octanol–water partition coefficient (Wildman–Crippen LogP) is 3.50. The van der Waals surface area contributed by atoms with Crippen molar-refractivity contribution in [2.24, 2.45) is 0 Å². The molecule has 0 saturated carbocycles. The molecule has 1 aromatic rings. The van der Waals surface area contributed by atoms with Crippen LogP contribution < -0.4 is 4.90 Å². The van der Waals surface area contributed by atoms with Crippen LogP contribution >= 0.6 is 15.9 Å². The normalized spacial score (nSPS) is 10.5. The van der Waals surface area contributed by atoms with Crippen LogP contribution in [0.2, 0.25) is 0 Å². The van der Waals surface area contributed by atoms with E-state index in [1.54, 1.807) is 6.92 Å². The number of rotatable bonds is 3. The van der Waals surface area contributed by atoms with Gasteiger partial charge < -0.3 is 4.90 Å². The minimum absolute atomic E-state index is 0.0961. The molecule has 82 valence electrons. The largest absolute Gasteiger partial charge is 0.372 e. The van der Waals surface area contributed by atoms with Gasteiger partial charge in [-0.15, -0.1) is 0 Å². The molecule has 0 aliphatic heterocycles. The zero-order chi connectivity index (χ0) is 11.6. The van der Waals surface area contributed by atoms with Crippen LogP contribution in [0.4, 0.5) is 5.69 Å². The molecular formula is C12H16BrNO. The molecule has 0 bridgehead atoms. The molecule has 0 aliphatic carbocycles. The van der Waals surface area contributed by atoms with Gasteiger partial charge in [0, 0.05) is 28.8 Å². The van der Waals surface area contributed by atoms with Gasteiger partial charge in [-0.3, -0.25) is 4.79 Å². The van der Waals surface area contributed by atoms with Gasteiger partial charge in [-0.2, -0.15) is 0 Å². The van der Waals surface area contributed by atoms with E-state index in [2.05, 4.69) is 34.7 Å². The number of anilines is 1. The number of hydrogen-bond acceptors (Lipinski definition) is 2. The van der Waals surface area contributed by atoms with E-state index in [-0.39, 0.29) is 5.78 Å². The van der Waals surface area contributed by atoms with E-state index in [1.165, 1.54) is 0 Å². The maximum atomic E-state index is 11.5. The monoisotopic (exact) mass is 269 g/mol. The third kappa shape index (κ3) is 2.81. The number of hydrogen-bond donors (Lipinski definition) is 0. The Kier molecular flexibility index (Phi) is 3.91. The van der Waals surface area contributed by atoms with E-state index in [0.717, 1.165) is 15.7 Å². The zero-order valence-corrected chi connectivity index (χ0v) is 11.1. The van der Waals surface area contributed by atoms with Crippen molar-refractivity contribution in [3.8, 4) is 0 Å². The molecule has 0 spiro atoms. The molecule has 0 radical (unpaired) electrons. The number of carbonyl (C=O) groups is 1. The average molecular weight is 270 g/mol. The summed E-state index contributed by atoms with van der Waals surface area (Å²) in [6.45, 7) is 5.80. The quantitative estimate of drug-likeness (QED) is 0.783. The first-order valence-electron chi connectivity index (χ1n) is 4.96. The van der Waals surface area contributed by atoms with Crippen molar-refractivity contribution in [3.63, 3.8) is 0 Å². The molecule has 0 saturated heterocycles. The molecule has 0 unspecified atom stereocenters. The summed E-state index contributed by atoms with van der Waals surface area (Å²) in [6, 6.07) is 6.18. The van der Waals surface area contributed by atoms with Gasteiger partial charge in [-0.05, 0) is 39.0 Å². The summed E-state index contributed by atoms with van der Waals surface area (Å²) in [5.41, 5.74) is 1.75. The summed E-state index contributed by atoms with van der Waals surface area (Å²) >= 11 is 3.38. The minimum atomic E-state index is 0.0961. The number of halogens is 1. The molecule has 0 atom stereocenters. The lowest BCUT2D eigenvalue weighted by Gasteiger charge is -2.25. The molecule has 0 amide bonds. The summed E-state index contributed by atoms with van der Waals surface area (Å²) in [6.07, 6.45) is 0. The van der Waals surface area contributed by atoms with Gasteiger partial charge >= 0.3 is 0 Å². The van der Waals surface area contributed by atoms with Crippen LogP contribution in [0.3, 0.4) is 0 Å². The summed E-state index contributed by atoms with van der Waals surface area (Å²) in [5.74, 6) is 0.0961. The van der Waals surface area contributed by atoms with Crippen molar-refractivity contribution >= 4 is 27.4 Å². The molecule has 1 aromatic carbocycles. The highest BCUT2D eigenvalue weighted by Gasteiger charge is 2.13. The fourth-order valence-corrected chi connectivity index (χ4v) is 1.74. The highest BCUT2D eigenvalue weighted by atomic mass is 79.9. The Bertz CT molecular complexity index is 374. The number of Topliss-reactive ketones (excluding diaryl/α,β-unsaturated/α-hetero) is 1. The molecule has 0 aliphatic rings. The van der Waals surface area contributed by atoms with Crippen molar-refractivity contribution in [2.45, 2.75) is 26.8 Å². The first-order chi connectivity index (χ1) is 6.93. The molecule has 2 nitrogen and oxygen atoms in total. The Labute approximate surface area is 99.4 Å². The Balaban J connectivity index is 3.22. The molecular weight excluding hydrogens is 254 g/mol. The van der Waals surface area contributed by atoms with E-state index < -0.39 is 0 Å². The van der Waals surface area contributed by atoms with Gasteiger partial charge in [-0.1, -0.05) is 15.9 Å². The van der Waals surface area contributed by atoms with Crippen LogP contribution in [0.25, 0.3) is 0 Å². The zero-order valence-electron chi connectivity index (χ0n) is 9.54. The second-order valence-corrected chi connectivity index (χ2v) is 4.84. The van der Waals surface area contributed by atoms with Gasteiger partial charge in [0.2, 0.25) is 0 Å². The van der Waals surface area contributed by atoms with Crippen LogP contribution in [0, 0.1) is 0 Å².